The molecule has 26 heavy (non-hydrogen) atoms. The van der Waals surface area contributed by atoms with Crippen LogP contribution >= 0.6 is 0 Å². The number of rotatable bonds is 3. The number of para-hydroxylation sites is 2. The quantitative estimate of drug-likeness (QED) is 0.613. The van der Waals surface area contributed by atoms with Crippen LogP contribution in [0.1, 0.15) is 36.0 Å². The average molecular weight is 345 g/mol. The Morgan fingerprint density at radius 1 is 1.12 bits per heavy atom. The van der Waals surface area contributed by atoms with E-state index in [0.29, 0.717) is 5.92 Å². The Balaban J connectivity index is 1.39. The molecule has 132 valence electrons. The molecule has 1 aliphatic heterocycles. The zero-order valence-electron chi connectivity index (χ0n) is 15.0. The normalized spacial score (nSPS) is 18.7. The minimum Gasteiger partial charge on any atom is -0.342 e. The van der Waals surface area contributed by atoms with Gasteiger partial charge in [-0.2, -0.15) is 0 Å². The van der Waals surface area contributed by atoms with E-state index < -0.39 is 0 Å². The van der Waals surface area contributed by atoms with Crippen molar-refractivity contribution in [3.8, 4) is 0 Å². The van der Waals surface area contributed by atoms with E-state index >= 15 is 0 Å². The Hall–Kier alpha value is -2.66. The molecule has 5 heteroatoms. The third-order valence-electron chi connectivity index (χ3n) is 5.50. The third-order valence-corrected chi connectivity index (χ3v) is 5.50. The van der Waals surface area contributed by atoms with Gasteiger partial charge >= 0.3 is 0 Å². The monoisotopic (exact) mass is 345 g/mol. The second-order valence-electron chi connectivity index (χ2n) is 7.29. The second-order valence-corrected chi connectivity index (χ2v) is 7.29. The SMILES string of the molecule is Cc1nc2ccccn2c1CN1CCC[C@H](c2nc3ccccc3[nH]2)C1. The molecule has 0 spiro atoms. The van der Waals surface area contributed by atoms with Crippen LogP contribution in [-0.2, 0) is 6.54 Å². The number of hydrogen-bond acceptors (Lipinski definition) is 3. The first-order valence-corrected chi connectivity index (χ1v) is 9.37. The summed E-state index contributed by atoms with van der Waals surface area (Å²) in [5.41, 5.74) is 5.66. The molecular formula is C21H23N5. The maximum absolute atomic E-state index is 4.84. The van der Waals surface area contributed by atoms with Gasteiger partial charge in [-0.1, -0.05) is 18.2 Å². The Morgan fingerprint density at radius 2 is 2.00 bits per heavy atom. The fourth-order valence-electron chi connectivity index (χ4n) is 4.15. The second kappa shape index (κ2) is 6.25. The summed E-state index contributed by atoms with van der Waals surface area (Å²) >= 11 is 0. The number of imidazole rings is 2. The Bertz CT molecular complexity index is 1030. The molecule has 0 aliphatic carbocycles. The minimum atomic E-state index is 0.468. The van der Waals surface area contributed by atoms with Crippen molar-refractivity contribution >= 4 is 16.7 Å². The van der Waals surface area contributed by atoms with E-state index in [9.17, 15) is 0 Å². The summed E-state index contributed by atoms with van der Waals surface area (Å²) < 4.78 is 2.22. The van der Waals surface area contributed by atoms with Gasteiger partial charge in [-0.3, -0.25) is 4.90 Å². The van der Waals surface area contributed by atoms with Crippen molar-refractivity contribution in [3.63, 3.8) is 0 Å². The first-order valence-electron chi connectivity index (χ1n) is 9.37. The van der Waals surface area contributed by atoms with E-state index in [0.717, 1.165) is 47.8 Å². The number of aromatic nitrogens is 4. The first-order chi connectivity index (χ1) is 12.8. The van der Waals surface area contributed by atoms with Crippen LogP contribution in [0.15, 0.2) is 48.7 Å². The van der Waals surface area contributed by atoms with Gasteiger partial charge in [-0.25, -0.2) is 9.97 Å². The summed E-state index contributed by atoms with van der Waals surface area (Å²) in [6.45, 7) is 5.23. The molecule has 0 saturated carbocycles. The smallest absolute Gasteiger partial charge is 0.137 e. The van der Waals surface area contributed by atoms with Crippen LogP contribution in [-0.4, -0.2) is 37.3 Å². The molecule has 5 rings (SSSR count). The summed E-state index contributed by atoms with van der Waals surface area (Å²) in [6, 6.07) is 14.5. The molecule has 1 fully saturated rings. The third kappa shape index (κ3) is 2.69. The van der Waals surface area contributed by atoms with Gasteiger partial charge in [0.1, 0.15) is 11.5 Å². The Kier molecular flexibility index (Phi) is 3.75. The largest absolute Gasteiger partial charge is 0.342 e. The summed E-state index contributed by atoms with van der Waals surface area (Å²) in [4.78, 5) is 15.6. The van der Waals surface area contributed by atoms with Gasteiger partial charge in [-0.15, -0.1) is 0 Å². The summed E-state index contributed by atoms with van der Waals surface area (Å²) in [6.07, 6.45) is 4.52. The van der Waals surface area contributed by atoms with Crippen molar-refractivity contribution in [2.45, 2.75) is 32.2 Å². The fraction of sp³-hybridized carbons (Fsp3) is 0.333. The highest BCUT2D eigenvalue weighted by Gasteiger charge is 2.25. The van der Waals surface area contributed by atoms with Crippen LogP contribution < -0.4 is 0 Å². The maximum Gasteiger partial charge on any atom is 0.137 e. The highest BCUT2D eigenvalue weighted by Crippen LogP contribution is 2.28. The molecule has 4 aromatic rings. The molecule has 0 amide bonds. The Morgan fingerprint density at radius 3 is 2.92 bits per heavy atom. The maximum atomic E-state index is 4.84. The lowest BCUT2D eigenvalue weighted by atomic mass is 9.97. The van der Waals surface area contributed by atoms with Gasteiger partial charge in [0.15, 0.2) is 0 Å². The number of nitrogens with one attached hydrogen (secondary N) is 1. The van der Waals surface area contributed by atoms with E-state index in [2.05, 4.69) is 57.7 Å². The van der Waals surface area contributed by atoms with Crippen molar-refractivity contribution in [2.24, 2.45) is 0 Å². The van der Waals surface area contributed by atoms with Gasteiger partial charge in [-0.05, 0) is 50.6 Å². The number of hydrogen-bond donors (Lipinski definition) is 1. The lowest BCUT2D eigenvalue weighted by Gasteiger charge is -2.31. The lowest BCUT2D eigenvalue weighted by Crippen LogP contribution is -2.34. The Labute approximate surface area is 152 Å². The van der Waals surface area contributed by atoms with Crippen LogP contribution in [0.3, 0.4) is 0 Å². The molecule has 0 radical (unpaired) electrons. The van der Waals surface area contributed by atoms with Crippen LogP contribution in [0, 0.1) is 6.92 Å². The average Bonchev–Trinajstić information content (AvgIpc) is 3.24. The van der Waals surface area contributed by atoms with Crippen LogP contribution in [0.5, 0.6) is 0 Å². The number of benzene rings is 1. The van der Waals surface area contributed by atoms with Gasteiger partial charge in [0.2, 0.25) is 0 Å². The number of likely N-dealkylation sites (tertiary alicyclic amines) is 1. The molecule has 0 unspecified atom stereocenters. The lowest BCUT2D eigenvalue weighted by molar-refractivity contribution is 0.194. The molecule has 1 N–H and O–H groups in total. The van der Waals surface area contributed by atoms with Gasteiger partial charge in [0, 0.05) is 25.2 Å². The zero-order valence-corrected chi connectivity index (χ0v) is 15.0. The number of H-pyrrole nitrogens is 1. The topological polar surface area (TPSA) is 49.2 Å². The predicted molar refractivity (Wildman–Crippen MR) is 103 cm³/mol. The number of pyridine rings is 1. The van der Waals surface area contributed by atoms with Gasteiger partial charge in [0.25, 0.3) is 0 Å². The number of nitrogens with zero attached hydrogens (tertiary/aromatic N) is 4. The van der Waals surface area contributed by atoms with Crippen molar-refractivity contribution in [1.29, 1.82) is 0 Å². The molecular weight excluding hydrogens is 322 g/mol. The van der Waals surface area contributed by atoms with Crippen LogP contribution in [0.25, 0.3) is 16.7 Å². The molecule has 1 saturated heterocycles. The molecule has 1 aliphatic rings. The first kappa shape index (κ1) is 15.6. The predicted octanol–water partition coefficient (Wildman–Crippen LogP) is 3.90. The molecule has 4 heterocycles. The summed E-state index contributed by atoms with van der Waals surface area (Å²) in [5.74, 6) is 1.60. The molecule has 5 nitrogen and oxygen atoms in total. The van der Waals surface area contributed by atoms with E-state index in [1.54, 1.807) is 0 Å². The van der Waals surface area contributed by atoms with Crippen molar-refractivity contribution in [1.82, 2.24) is 24.3 Å². The standard InChI is InChI=1S/C21H23N5/c1-15-19(26-12-5-4-10-20(26)22-15)14-25-11-6-7-16(13-25)21-23-17-8-2-3-9-18(17)24-21/h2-5,8-10,12,16H,6-7,11,13-14H2,1H3,(H,23,24)/t16-/m0/s1. The van der Waals surface area contributed by atoms with Crippen molar-refractivity contribution < 1.29 is 0 Å². The number of fused-ring (bicyclic) bond motifs is 2. The van der Waals surface area contributed by atoms with E-state index in [-0.39, 0.29) is 0 Å². The van der Waals surface area contributed by atoms with Gasteiger partial charge in [0.05, 0.1) is 22.4 Å². The number of piperidine rings is 1. The van der Waals surface area contributed by atoms with E-state index in [1.807, 2.05) is 12.1 Å². The zero-order chi connectivity index (χ0) is 17.5. The summed E-state index contributed by atoms with van der Waals surface area (Å²) in [5, 5.41) is 0. The van der Waals surface area contributed by atoms with Crippen LogP contribution in [0.2, 0.25) is 0 Å². The molecule has 1 aromatic carbocycles. The van der Waals surface area contributed by atoms with E-state index in [4.69, 9.17) is 9.97 Å². The molecule has 0 bridgehead atoms. The molecule has 3 aromatic heterocycles. The number of aryl methyl sites for hydroxylation is 1. The summed E-state index contributed by atoms with van der Waals surface area (Å²) in [7, 11) is 0. The van der Waals surface area contributed by atoms with Crippen molar-refractivity contribution in [3.05, 3.63) is 65.9 Å². The highest BCUT2D eigenvalue weighted by molar-refractivity contribution is 5.74. The van der Waals surface area contributed by atoms with Crippen LogP contribution in [0.4, 0.5) is 0 Å². The fourth-order valence-corrected chi connectivity index (χ4v) is 4.15. The highest BCUT2D eigenvalue weighted by atomic mass is 15.2. The van der Waals surface area contributed by atoms with Gasteiger partial charge < -0.3 is 9.38 Å². The number of aromatic amines is 1. The minimum absolute atomic E-state index is 0.468. The van der Waals surface area contributed by atoms with E-state index in [1.165, 1.54) is 18.5 Å². The molecule has 1 atom stereocenters. The van der Waals surface area contributed by atoms with Crippen molar-refractivity contribution in [2.75, 3.05) is 13.1 Å².